The molecule has 128 valence electrons. The van der Waals surface area contributed by atoms with E-state index in [0.29, 0.717) is 18.7 Å². The van der Waals surface area contributed by atoms with Crippen LogP contribution >= 0.6 is 0 Å². The van der Waals surface area contributed by atoms with Crippen LogP contribution in [0.3, 0.4) is 0 Å². The van der Waals surface area contributed by atoms with Crippen LogP contribution < -0.4 is 5.32 Å². The highest BCUT2D eigenvalue weighted by Crippen LogP contribution is 2.49. The minimum absolute atomic E-state index is 0.0498. The molecule has 3 rings (SSSR count). The zero-order valence-electron chi connectivity index (χ0n) is 13.8. The van der Waals surface area contributed by atoms with Crippen molar-refractivity contribution in [1.29, 1.82) is 0 Å². The van der Waals surface area contributed by atoms with Crippen molar-refractivity contribution in [1.82, 2.24) is 9.78 Å². The van der Waals surface area contributed by atoms with Crippen molar-refractivity contribution < 1.29 is 9.18 Å². The Balaban J connectivity index is 1.83. The first-order chi connectivity index (χ1) is 12.1. The molecular weight excluding hydrogens is 319 g/mol. The second-order valence-electron chi connectivity index (χ2n) is 5.93. The monoisotopic (exact) mass is 338 g/mol. The highest BCUT2D eigenvalue weighted by atomic mass is 19.1. The van der Waals surface area contributed by atoms with Crippen LogP contribution in [0.5, 0.6) is 0 Å². The summed E-state index contributed by atoms with van der Waals surface area (Å²) in [5, 5.41) is 7.13. The molecule has 1 aromatic heterocycles. The average Bonchev–Trinajstić information content (AvgIpc) is 3.06. The van der Waals surface area contributed by atoms with Crippen LogP contribution in [0.1, 0.15) is 19.3 Å². The van der Waals surface area contributed by atoms with Crippen molar-refractivity contribution >= 4 is 18.4 Å². The highest BCUT2D eigenvalue weighted by Gasteiger charge is 2.49. The van der Waals surface area contributed by atoms with Crippen molar-refractivity contribution in [2.45, 2.75) is 19.3 Å². The van der Waals surface area contributed by atoms with Crippen LogP contribution in [0.15, 0.2) is 71.8 Å². The molecule has 1 aromatic carbocycles. The van der Waals surface area contributed by atoms with E-state index in [-0.39, 0.29) is 11.6 Å². The Kier molecular flexibility index (Phi) is 4.61. The summed E-state index contributed by atoms with van der Waals surface area (Å²) in [7, 11) is 0. The topological polar surface area (TPSA) is 59.3 Å². The van der Waals surface area contributed by atoms with Crippen LogP contribution in [0.2, 0.25) is 0 Å². The lowest BCUT2D eigenvalue weighted by molar-refractivity contribution is -0.127. The molecule has 1 fully saturated rings. The van der Waals surface area contributed by atoms with Gasteiger partial charge in [-0.3, -0.25) is 9.79 Å². The van der Waals surface area contributed by atoms with Gasteiger partial charge in [-0.2, -0.15) is 5.10 Å². The Hall–Kier alpha value is -3.02. The average molecular weight is 338 g/mol. The quantitative estimate of drug-likeness (QED) is 0.638. The number of rotatable bonds is 6. The third-order valence-electron chi connectivity index (χ3n) is 4.51. The zero-order valence-corrected chi connectivity index (χ0v) is 13.8. The van der Waals surface area contributed by atoms with Crippen LogP contribution in [0.25, 0.3) is 5.69 Å². The third-order valence-corrected chi connectivity index (χ3v) is 4.51. The van der Waals surface area contributed by atoms with Crippen molar-refractivity contribution in [3.8, 4) is 5.69 Å². The lowest BCUT2D eigenvalue weighted by atomic mass is 9.65. The molecule has 1 aliphatic rings. The van der Waals surface area contributed by atoms with Crippen molar-refractivity contribution in [2.75, 3.05) is 5.32 Å². The maximum absolute atomic E-state index is 14.1. The van der Waals surface area contributed by atoms with Gasteiger partial charge in [-0.25, -0.2) is 9.07 Å². The van der Waals surface area contributed by atoms with E-state index in [2.05, 4.69) is 28.7 Å². The van der Waals surface area contributed by atoms with Gasteiger partial charge in [0.1, 0.15) is 5.83 Å². The van der Waals surface area contributed by atoms with Gasteiger partial charge in [0.25, 0.3) is 0 Å². The Bertz CT molecular complexity index is 834. The zero-order chi connectivity index (χ0) is 17.9. The number of aromatic nitrogens is 2. The summed E-state index contributed by atoms with van der Waals surface area (Å²) >= 11 is 0. The number of hydrogen-bond donors (Lipinski definition) is 1. The molecule has 0 radical (unpaired) electrons. The number of amides is 1. The van der Waals surface area contributed by atoms with Gasteiger partial charge >= 0.3 is 0 Å². The molecule has 2 aromatic rings. The van der Waals surface area contributed by atoms with Crippen molar-refractivity contribution in [3.63, 3.8) is 0 Å². The first-order valence-electron chi connectivity index (χ1n) is 8.03. The molecule has 1 saturated carbocycles. The van der Waals surface area contributed by atoms with E-state index in [1.54, 1.807) is 16.9 Å². The molecule has 0 aliphatic heterocycles. The molecule has 0 unspecified atom stereocenters. The van der Waals surface area contributed by atoms with Gasteiger partial charge < -0.3 is 5.32 Å². The number of nitrogens with zero attached hydrogens (tertiary/aromatic N) is 3. The Morgan fingerprint density at radius 3 is 2.60 bits per heavy atom. The maximum atomic E-state index is 14.1. The summed E-state index contributed by atoms with van der Waals surface area (Å²) in [6.45, 7) is 6.83. The number of hydrogen-bond acceptors (Lipinski definition) is 3. The van der Waals surface area contributed by atoms with E-state index < -0.39 is 11.2 Å². The van der Waals surface area contributed by atoms with Crippen LogP contribution in [0.4, 0.5) is 10.2 Å². The smallest absolute Gasteiger partial charge is 0.237 e. The van der Waals surface area contributed by atoms with Gasteiger partial charge in [-0.05, 0) is 37.8 Å². The first kappa shape index (κ1) is 16.8. The second-order valence-corrected chi connectivity index (χ2v) is 5.93. The van der Waals surface area contributed by atoms with Gasteiger partial charge in [0.2, 0.25) is 5.91 Å². The fourth-order valence-electron chi connectivity index (χ4n) is 3.00. The summed E-state index contributed by atoms with van der Waals surface area (Å²) < 4.78 is 15.7. The molecule has 0 bridgehead atoms. The highest BCUT2D eigenvalue weighted by molar-refractivity contribution is 5.97. The Morgan fingerprint density at radius 2 is 2.04 bits per heavy atom. The molecular formula is C19H19FN4O. The largest absolute Gasteiger partial charge is 0.308 e. The standard InChI is InChI=1S/C19H19FN4O/c1-3-15(20)17(21-2)19(11-7-12-19)18(25)22-16-10-13-24(23-16)14-8-5-4-6-9-14/h3-6,8-10,13H,1-2,7,11-12H2,(H,22,23,25)/b17-15+. The molecule has 0 atom stereocenters. The number of anilines is 1. The van der Waals surface area contributed by atoms with Crippen LogP contribution in [-0.2, 0) is 4.79 Å². The number of carbonyl (C=O) groups is 1. The van der Waals surface area contributed by atoms with Gasteiger partial charge in [0, 0.05) is 12.3 Å². The first-order valence-corrected chi connectivity index (χ1v) is 8.03. The molecule has 0 spiro atoms. The predicted octanol–water partition coefficient (Wildman–Crippen LogP) is 4.05. The molecule has 1 aliphatic carbocycles. The minimum Gasteiger partial charge on any atom is -0.308 e. The summed E-state index contributed by atoms with van der Waals surface area (Å²) in [6, 6.07) is 11.3. The van der Waals surface area contributed by atoms with E-state index >= 15 is 0 Å². The van der Waals surface area contributed by atoms with E-state index in [9.17, 15) is 9.18 Å². The second kappa shape index (κ2) is 6.84. The number of allylic oxidation sites excluding steroid dienone is 2. The van der Waals surface area contributed by atoms with Crippen LogP contribution in [-0.4, -0.2) is 22.4 Å². The van der Waals surface area contributed by atoms with E-state index in [4.69, 9.17) is 0 Å². The Labute approximate surface area is 145 Å². The molecule has 6 heteroatoms. The minimum atomic E-state index is -1.00. The van der Waals surface area contributed by atoms with Gasteiger partial charge in [0.15, 0.2) is 5.82 Å². The maximum Gasteiger partial charge on any atom is 0.237 e. The SMILES string of the molecule is C=C/C(F)=C(\N=C)C1(C(=O)Nc2ccn(-c3ccccc3)n2)CCC1. The van der Waals surface area contributed by atoms with E-state index in [1.807, 2.05) is 30.3 Å². The summed E-state index contributed by atoms with van der Waals surface area (Å²) in [6.07, 6.45) is 4.68. The number of aliphatic imine (C=N–C) groups is 1. The summed E-state index contributed by atoms with van der Waals surface area (Å²) in [4.78, 5) is 16.6. The Morgan fingerprint density at radius 1 is 1.32 bits per heavy atom. The lowest BCUT2D eigenvalue weighted by Crippen LogP contribution is -2.43. The summed E-state index contributed by atoms with van der Waals surface area (Å²) in [5.41, 5.74) is -0.0718. The number of carbonyl (C=O) groups excluding carboxylic acids is 1. The predicted molar refractivity (Wildman–Crippen MR) is 96.4 cm³/mol. The van der Waals surface area contributed by atoms with Crippen molar-refractivity contribution in [3.05, 3.63) is 66.8 Å². The van der Waals surface area contributed by atoms with Gasteiger partial charge in [0.05, 0.1) is 16.8 Å². The molecule has 1 N–H and O–H groups in total. The molecule has 25 heavy (non-hydrogen) atoms. The molecule has 0 saturated heterocycles. The van der Waals surface area contributed by atoms with E-state index in [0.717, 1.165) is 18.2 Å². The number of para-hydroxylation sites is 1. The lowest BCUT2D eigenvalue weighted by Gasteiger charge is -2.40. The third kappa shape index (κ3) is 3.03. The number of benzene rings is 1. The molecule has 1 heterocycles. The molecule has 1 amide bonds. The van der Waals surface area contributed by atoms with Crippen molar-refractivity contribution in [2.24, 2.45) is 10.4 Å². The fourth-order valence-corrected chi connectivity index (χ4v) is 3.00. The molecule has 5 nitrogen and oxygen atoms in total. The normalized spacial score (nSPS) is 16.4. The number of halogens is 1. The van der Waals surface area contributed by atoms with E-state index in [1.165, 1.54) is 0 Å². The fraction of sp³-hybridized carbons (Fsp3) is 0.211. The number of nitrogens with one attached hydrogen (secondary N) is 1. The summed E-state index contributed by atoms with van der Waals surface area (Å²) in [5.74, 6) is -0.529. The van der Waals surface area contributed by atoms with Gasteiger partial charge in [-0.1, -0.05) is 31.2 Å². The van der Waals surface area contributed by atoms with Crippen LogP contribution in [0, 0.1) is 5.41 Å². The van der Waals surface area contributed by atoms with Gasteiger partial charge in [-0.15, -0.1) is 0 Å².